The summed E-state index contributed by atoms with van der Waals surface area (Å²) >= 11 is 4.96. The van der Waals surface area contributed by atoms with Gasteiger partial charge in [0.25, 0.3) is 5.91 Å². The predicted molar refractivity (Wildman–Crippen MR) is 133 cm³/mol. The van der Waals surface area contributed by atoms with Crippen LogP contribution in [-0.4, -0.2) is 47.6 Å². The van der Waals surface area contributed by atoms with Crippen molar-refractivity contribution < 1.29 is 9.59 Å². The number of nitrogens with zero attached hydrogens (tertiary/aromatic N) is 2. The number of likely N-dealkylation sites (tertiary alicyclic amines) is 1. The van der Waals surface area contributed by atoms with Gasteiger partial charge in [0, 0.05) is 40.7 Å². The number of carbonyl (C=O) groups is 2. The zero-order valence-electron chi connectivity index (χ0n) is 18.1. The minimum atomic E-state index is -0.107. The van der Waals surface area contributed by atoms with E-state index in [2.05, 4.69) is 34.8 Å². The van der Waals surface area contributed by atoms with Crippen molar-refractivity contribution in [2.75, 3.05) is 25.9 Å². The highest BCUT2D eigenvalue weighted by molar-refractivity contribution is 7.98. The largest absolute Gasteiger partial charge is 0.350 e. The number of benzene rings is 1. The minimum absolute atomic E-state index is 0.107. The van der Waals surface area contributed by atoms with E-state index in [-0.39, 0.29) is 11.8 Å². The van der Waals surface area contributed by atoms with Gasteiger partial charge in [0.2, 0.25) is 5.91 Å². The lowest BCUT2D eigenvalue weighted by Crippen LogP contribution is -2.38. The van der Waals surface area contributed by atoms with Crippen molar-refractivity contribution in [2.45, 2.75) is 36.5 Å². The molecule has 1 N–H and O–H groups in total. The molecule has 0 bridgehead atoms. The molecule has 1 fully saturated rings. The smallest absolute Gasteiger partial charge is 0.270 e. The Kier molecular flexibility index (Phi) is 8.00. The standard InChI is InChI=1S/C24H27N3O2S3/c1-30-19-6-4-17(5-7-19)15-22(28)27-12-9-18(10-13-27)24-26-21(16-32-24)23(29)25-11-8-20-3-2-14-31-20/h2-7,14,16,18H,8-13,15H2,1H3,(H,25,29). The van der Waals surface area contributed by atoms with Crippen LogP contribution in [0.4, 0.5) is 0 Å². The average molecular weight is 486 g/mol. The van der Waals surface area contributed by atoms with Gasteiger partial charge in [0.1, 0.15) is 5.69 Å². The van der Waals surface area contributed by atoms with Crippen molar-refractivity contribution in [1.29, 1.82) is 0 Å². The van der Waals surface area contributed by atoms with Crippen molar-refractivity contribution in [3.63, 3.8) is 0 Å². The Hall–Kier alpha value is -2.16. The highest BCUT2D eigenvalue weighted by atomic mass is 32.2. The summed E-state index contributed by atoms with van der Waals surface area (Å²) < 4.78 is 0. The van der Waals surface area contributed by atoms with E-state index in [0.29, 0.717) is 24.6 Å². The zero-order chi connectivity index (χ0) is 22.3. The summed E-state index contributed by atoms with van der Waals surface area (Å²) in [6, 6.07) is 12.3. The lowest BCUT2D eigenvalue weighted by molar-refractivity contribution is -0.131. The third-order valence-corrected chi connectivity index (χ3v) is 8.39. The first-order valence-corrected chi connectivity index (χ1v) is 13.8. The molecule has 0 saturated carbocycles. The Morgan fingerprint density at radius 1 is 1.16 bits per heavy atom. The molecule has 0 atom stereocenters. The molecular weight excluding hydrogens is 458 g/mol. The number of nitrogens with one attached hydrogen (secondary N) is 1. The van der Waals surface area contributed by atoms with E-state index < -0.39 is 0 Å². The van der Waals surface area contributed by atoms with Crippen molar-refractivity contribution in [2.24, 2.45) is 0 Å². The first-order valence-electron chi connectivity index (χ1n) is 10.8. The van der Waals surface area contributed by atoms with Gasteiger partial charge in [-0.25, -0.2) is 4.98 Å². The van der Waals surface area contributed by atoms with E-state index in [1.807, 2.05) is 33.9 Å². The summed E-state index contributed by atoms with van der Waals surface area (Å²) in [5.74, 6) is 0.395. The molecule has 3 aromatic rings. The van der Waals surface area contributed by atoms with Crippen LogP contribution in [0.2, 0.25) is 0 Å². The molecule has 32 heavy (non-hydrogen) atoms. The fraction of sp³-hybridized carbons (Fsp3) is 0.375. The summed E-state index contributed by atoms with van der Waals surface area (Å²) in [6.07, 6.45) is 5.13. The van der Waals surface area contributed by atoms with E-state index in [0.717, 1.165) is 42.9 Å². The zero-order valence-corrected chi connectivity index (χ0v) is 20.5. The van der Waals surface area contributed by atoms with Crippen LogP contribution in [0.1, 0.15) is 44.7 Å². The van der Waals surface area contributed by atoms with E-state index in [4.69, 9.17) is 0 Å². The molecule has 3 heterocycles. The molecule has 168 valence electrons. The molecule has 4 rings (SSSR count). The molecule has 5 nitrogen and oxygen atoms in total. The van der Waals surface area contributed by atoms with Crippen molar-refractivity contribution >= 4 is 46.2 Å². The van der Waals surface area contributed by atoms with Gasteiger partial charge in [-0.15, -0.1) is 34.4 Å². The van der Waals surface area contributed by atoms with Crippen molar-refractivity contribution in [1.82, 2.24) is 15.2 Å². The van der Waals surface area contributed by atoms with Gasteiger partial charge in [-0.1, -0.05) is 18.2 Å². The minimum Gasteiger partial charge on any atom is -0.350 e. The highest BCUT2D eigenvalue weighted by Gasteiger charge is 2.26. The molecule has 2 amide bonds. The van der Waals surface area contributed by atoms with E-state index in [1.165, 1.54) is 9.77 Å². The number of amides is 2. The highest BCUT2D eigenvalue weighted by Crippen LogP contribution is 2.30. The van der Waals surface area contributed by atoms with Gasteiger partial charge in [-0.05, 0) is 54.7 Å². The van der Waals surface area contributed by atoms with Gasteiger partial charge in [0.15, 0.2) is 0 Å². The maximum Gasteiger partial charge on any atom is 0.270 e. The first kappa shape index (κ1) is 23.0. The van der Waals surface area contributed by atoms with Crippen LogP contribution >= 0.6 is 34.4 Å². The fourth-order valence-corrected chi connectivity index (χ4v) is 5.92. The molecule has 0 spiro atoms. The van der Waals surface area contributed by atoms with Gasteiger partial charge < -0.3 is 10.2 Å². The Morgan fingerprint density at radius 3 is 2.62 bits per heavy atom. The van der Waals surface area contributed by atoms with Crippen LogP contribution < -0.4 is 5.32 Å². The molecular formula is C24H27N3O2S3. The van der Waals surface area contributed by atoms with Crippen LogP contribution in [0.25, 0.3) is 0 Å². The maximum absolute atomic E-state index is 12.7. The second-order valence-electron chi connectivity index (χ2n) is 7.84. The number of carbonyl (C=O) groups excluding carboxylic acids is 2. The number of thiophene rings is 1. The summed E-state index contributed by atoms with van der Waals surface area (Å²) in [4.78, 5) is 34.2. The Balaban J connectivity index is 1.23. The maximum atomic E-state index is 12.7. The molecule has 0 unspecified atom stereocenters. The van der Waals surface area contributed by atoms with Crippen molar-refractivity contribution in [3.8, 4) is 0 Å². The Morgan fingerprint density at radius 2 is 1.94 bits per heavy atom. The predicted octanol–water partition coefficient (Wildman–Crippen LogP) is 4.85. The van der Waals surface area contributed by atoms with Gasteiger partial charge >= 0.3 is 0 Å². The molecule has 1 aromatic carbocycles. The average Bonchev–Trinajstić information content (AvgIpc) is 3.52. The van der Waals surface area contributed by atoms with E-state index >= 15 is 0 Å². The number of hydrogen-bond acceptors (Lipinski definition) is 6. The van der Waals surface area contributed by atoms with Crippen LogP contribution in [0.3, 0.4) is 0 Å². The summed E-state index contributed by atoms with van der Waals surface area (Å²) in [5.41, 5.74) is 1.56. The second kappa shape index (κ2) is 11.1. The van der Waals surface area contributed by atoms with Gasteiger partial charge in [-0.2, -0.15) is 0 Å². The number of piperidine rings is 1. The molecule has 0 aliphatic carbocycles. The van der Waals surface area contributed by atoms with Crippen LogP contribution in [0.5, 0.6) is 0 Å². The summed E-state index contributed by atoms with van der Waals surface area (Å²) in [7, 11) is 0. The van der Waals surface area contributed by atoms with Crippen LogP contribution in [0, 0.1) is 0 Å². The molecule has 1 aliphatic heterocycles. The summed E-state index contributed by atoms with van der Waals surface area (Å²) in [5, 5.41) is 7.87. The fourth-order valence-electron chi connectivity index (χ4n) is 3.83. The van der Waals surface area contributed by atoms with Crippen LogP contribution in [-0.2, 0) is 17.6 Å². The van der Waals surface area contributed by atoms with E-state index in [1.54, 1.807) is 34.4 Å². The molecule has 1 saturated heterocycles. The van der Waals surface area contributed by atoms with E-state index in [9.17, 15) is 9.59 Å². The number of aromatic nitrogens is 1. The Labute approximate surface area is 201 Å². The van der Waals surface area contributed by atoms with Crippen LogP contribution in [0.15, 0.2) is 52.1 Å². The quantitative estimate of drug-likeness (QED) is 0.464. The number of rotatable bonds is 8. The molecule has 8 heteroatoms. The molecule has 0 radical (unpaired) electrons. The second-order valence-corrected chi connectivity index (χ2v) is 10.6. The lowest BCUT2D eigenvalue weighted by atomic mass is 9.97. The lowest BCUT2D eigenvalue weighted by Gasteiger charge is -2.31. The topological polar surface area (TPSA) is 62.3 Å². The number of thioether (sulfide) groups is 1. The first-order chi connectivity index (χ1) is 15.6. The Bertz CT molecular complexity index is 1020. The SMILES string of the molecule is CSc1ccc(CC(=O)N2CCC(c3nc(C(=O)NCCc4cccs4)cs3)CC2)cc1. The van der Waals surface area contributed by atoms with Gasteiger partial charge in [-0.3, -0.25) is 9.59 Å². The number of hydrogen-bond donors (Lipinski definition) is 1. The third kappa shape index (κ3) is 5.99. The summed E-state index contributed by atoms with van der Waals surface area (Å²) in [6.45, 7) is 2.11. The monoisotopic (exact) mass is 485 g/mol. The molecule has 1 aliphatic rings. The number of thiazole rings is 1. The normalized spacial score (nSPS) is 14.5. The van der Waals surface area contributed by atoms with Crippen molar-refractivity contribution in [3.05, 3.63) is 68.3 Å². The van der Waals surface area contributed by atoms with Gasteiger partial charge in [0.05, 0.1) is 11.4 Å². The molecule has 2 aromatic heterocycles. The third-order valence-electron chi connectivity index (χ3n) is 5.70.